The molecule has 3 aliphatic rings. The van der Waals surface area contributed by atoms with Crippen LogP contribution in [0.3, 0.4) is 0 Å². The third-order valence-electron chi connectivity index (χ3n) is 6.25. The highest BCUT2D eigenvalue weighted by molar-refractivity contribution is 5.84. The first-order valence-electron chi connectivity index (χ1n) is 9.94. The highest BCUT2D eigenvalue weighted by atomic mass is 16.5. The molecule has 1 aliphatic carbocycles. The van der Waals surface area contributed by atoms with Crippen molar-refractivity contribution in [2.75, 3.05) is 52.5 Å². The SMILES string of the molecule is O=C1N(CC2CCCCC2)CCC[C@]12CCN(CCOCCO)C2. The Morgan fingerprint density at radius 1 is 1.08 bits per heavy atom. The first-order chi connectivity index (χ1) is 11.7. The van der Waals surface area contributed by atoms with E-state index in [0.717, 1.165) is 57.9 Å². The maximum absolute atomic E-state index is 13.2. The number of rotatable bonds is 7. The number of aliphatic hydroxyl groups is 1. The van der Waals surface area contributed by atoms with Gasteiger partial charge in [-0.1, -0.05) is 19.3 Å². The molecule has 0 unspecified atom stereocenters. The number of amides is 1. The number of ether oxygens (including phenoxy) is 1. The molecular weight excluding hydrogens is 304 g/mol. The Balaban J connectivity index is 1.50. The van der Waals surface area contributed by atoms with Gasteiger partial charge < -0.3 is 14.7 Å². The van der Waals surface area contributed by atoms with Crippen LogP contribution in [0.1, 0.15) is 51.4 Å². The van der Waals surface area contributed by atoms with Crippen LogP contribution >= 0.6 is 0 Å². The van der Waals surface area contributed by atoms with Crippen molar-refractivity contribution < 1.29 is 14.6 Å². The number of aliphatic hydroxyl groups excluding tert-OH is 1. The van der Waals surface area contributed by atoms with Crippen molar-refractivity contribution in [1.82, 2.24) is 9.80 Å². The van der Waals surface area contributed by atoms with Gasteiger partial charge in [0.05, 0.1) is 25.2 Å². The molecule has 2 aliphatic heterocycles. The monoisotopic (exact) mass is 338 g/mol. The van der Waals surface area contributed by atoms with E-state index in [9.17, 15) is 4.79 Å². The van der Waals surface area contributed by atoms with E-state index < -0.39 is 0 Å². The molecule has 0 bridgehead atoms. The average Bonchev–Trinajstić information content (AvgIpc) is 3.01. The molecule has 24 heavy (non-hydrogen) atoms. The minimum atomic E-state index is -0.121. The van der Waals surface area contributed by atoms with Crippen LogP contribution in [0.5, 0.6) is 0 Å². The molecule has 1 atom stereocenters. The summed E-state index contributed by atoms with van der Waals surface area (Å²) in [5.41, 5.74) is -0.121. The van der Waals surface area contributed by atoms with Crippen molar-refractivity contribution in [3.63, 3.8) is 0 Å². The number of hydrogen-bond donors (Lipinski definition) is 1. The molecule has 0 radical (unpaired) electrons. The molecule has 1 N–H and O–H groups in total. The highest BCUT2D eigenvalue weighted by Crippen LogP contribution is 2.40. The minimum absolute atomic E-state index is 0.0819. The molecule has 0 aromatic rings. The van der Waals surface area contributed by atoms with Crippen molar-refractivity contribution in [1.29, 1.82) is 0 Å². The van der Waals surface area contributed by atoms with Crippen LogP contribution in [0.25, 0.3) is 0 Å². The second kappa shape index (κ2) is 8.63. The zero-order valence-corrected chi connectivity index (χ0v) is 15.0. The standard InChI is InChI=1S/C19H34N2O3/c22-12-14-24-13-11-20-10-8-19(16-20)7-4-9-21(18(19)23)15-17-5-2-1-3-6-17/h17,22H,1-16H2/t19-/m1/s1. The van der Waals surface area contributed by atoms with Crippen LogP contribution in [-0.4, -0.2) is 73.4 Å². The Morgan fingerprint density at radius 3 is 2.71 bits per heavy atom. The molecule has 0 aromatic carbocycles. The molecule has 2 heterocycles. The van der Waals surface area contributed by atoms with Crippen LogP contribution < -0.4 is 0 Å². The number of likely N-dealkylation sites (tertiary alicyclic amines) is 2. The highest BCUT2D eigenvalue weighted by Gasteiger charge is 2.48. The molecule has 2 saturated heterocycles. The molecule has 1 amide bonds. The van der Waals surface area contributed by atoms with E-state index in [1.807, 2.05) is 0 Å². The topological polar surface area (TPSA) is 53.0 Å². The fourth-order valence-corrected chi connectivity index (χ4v) is 4.90. The van der Waals surface area contributed by atoms with E-state index in [0.29, 0.717) is 19.1 Å². The van der Waals surface area contributed by atoms with Crippen molar-refractivity contribution in [2.45, 2.75) is 51.4 Å². The summed E-state index contributed by atoms with van der Waals surface area (Å²) in [6.07, 6.45) is 9.91. The maximum Gasteiger partial charge on any atom is 0.230 e. The van der Waals surface area contributed by atoms with Gasteiger partial charge in [-0.3, -0.25) is 9.69 Å². The maximum atomic E-state index is 13.2. The zero-order valence-electron chi connectivity index (χ0n) is 15.0. The lowest BCUT2D eigenvalue weighted by Crippen LogP contribution is -2.51. The normalized spacial score (nSPS) is 29.7. The first-order valence-corrected chi connectivity index (χ1v) is 9.94. The molecular formula is C19H34N2O3. The number of hydrogen-bond acceptors (Lipinski definition) is 4. The fraction of sp³-hybridized carbons (Fsp3) is 0.947. The van der Waals surface area contributed by atoms with Crippen molar-refractivity contribution in [3.8, 4) is 0 Å². The van der Waals surface area contributed by atoms with Crippen LogP contribution in [-0.2, 0) is 9.53 Å². The largest absolute Gasteiger partial charge is 0.394 e. The van der Waals surface area contributed by atoms with Gasteiger partial charge in [-0.15, -0.1) is 0 Å². The van der Waals surface area contributed by atoms with Gasteiger partial charge in [-0.2, -0.15) is 0 Å². The van der Waals surface area contributed by atoms with Crippen molar-refractivity contribution in [3.05, 3.63) is 0 Å². The molecule has 1 saturated carbocycles. The summed E-state index contributed by atoms with van der Waals surface area (Å²) >= 11 is 0. The summed E-state index contributed by atoms with van der Waals surface area (Å²) in [6.45, 7) is 5.89. The van der Waals surface area contributed by atoms with Crippen LogP contribution in [0, 0.1) is 11.3 Å². The number of carbonyl (C=O) groups is 1. The van der Waals surface area contributed by atoms with Crippen molar-refractivity contribution in [2.24, 2.45) is 11.3 Å². The van der Waals surface area contributed by atoms with Gasteiger partial charge in [0.25, 0.3) is 0 Å². The lowest BCUT2D eigenvalue weighted by molar-refractivity contribution is -0.146. The van der Waals surface area contributed by atoms with E-state index in [1.54, 1.807) is 0 Å². The molecule has 3 rings (SSSR count). The van der Waals surface area contributed by atoms with Gasteiger partial charge in [0.1, 0.15) is 0 Å². The van der Waals surface area contributed by atoms with Gasteiger partial charge in [0.2, 0.25) is 5.91 Å². The Kier molecular flexibility index (Phi) is 6.53. The molecule has 138 valence electrons. The summed E-state index contributed by atoms with van der Waals surface area (Å²) in [4.78, 5) is 17.8. The van der Waals surface area contributed by atoms with E-state index in [2.05, 4.69) is 9.80 Å². The molecule has 3 fully saturated rings. The summed E-state index contributed by atoms with van der Waals surface area (Å²) in [6, 6.07) is 0. The van der Waals surface area contributed by atoms with Crippen LogP contribution in [0.4, 0.5) is 0 Å². The van der Waals surface area contributed by atoms with Gasteiger partial charge in [0.15, 0.2) is 0 Å². The lowest BCUT2D eigenvalue weighted by Gasteiger charge is -2.41. The van der Waals surface area contributed by atoms with E-state index in [1.165, 1.54) is 32.1 Å². The minimum Gasteiger partial charge on any atom is -0.394 e. The molecule has 1 spiro atoms. The fourth-order valence-electron chi connectivity index (χ4n) is 4.90. The predicted molar refractivity (Wildman–Crippen MR) is 93.8 cm³/mol. The van der Waals surface area contributed by atoms with Crippen LogP contribution in [0.2, 0.25) is 0 Å². The van der Waals surface area contributed by atoms with Gasteiger partial charge in [-0.25, -0.2) is 0 Å². The number of piperidine rings is 1. The van der Waals surface area contributed by atoms with Gasteiger partial charge in [0, 0.05) is 26.2 Å². The first kappa shape index (κ1) is 18.2. The summed E-state index contributed by atoms with van der Waals surface area (Å²) in [5.74, 6) is 1.17. The predicted octanol–water partition coefficient (Wildman–Crippen LogP) is 1.89. The zero-order chi connectivity index (χ0) is 16.8. The Bertz CT molecular complexity index is 411. The molecule has 0 aromatic heterocycles. The van der Waals surface area contributed by atoms with Crippen LogP contribution in [0.15, 0.2) is 0 Å². The Hall–Kier alpha value is -0.650. The van der Waals surface area contributed by atoms with Gasteiger partial charge >= 0.3 is 0 Å². The third-order valence-corrected chi connectivity index (χ3v) is 6.25. The summed E-state index contributed by atoms with van der Waals surface area (Å²) < 4.78 is 5.38. The quantitative estimate of drug-likeness (QED) is 0.720. The summed E-state index contributed by atoms with van der Waals surface area (Å²) in [5, 5.41) is 8.77. The van der Waals surface area contributed by atoms with E-state index >= 15 is 0 Å². The second-order valence-corrected chi connectivity index (χ2v) is 8.00. The lowest BCUT2D eigenvalue weighted by atomic mass is 9.77. The second-order valence-electron chi connectivity index (χ2n) is 8.00. The number of carbonyl (C=O) groups excluding carboxylic acids is 1. The van der Waals surface area contributed by atoms with E-state index in [4.69, 9.17) is 9.84 Å². The molecule has 5 heteroatoms. The Morgan fingerprint density at radius 2 is 1.92 bits per heavy atom. The Labute approximate surface area is 146 Å². The molecule has 5 nitrogen and oxygen atoms in total. The summed E-state index contributed by atoms with van der Waals surface area (Å²) in [7, 11) is 0. The third kappa shape index (κ3) is 4.30. The number of nitrogens with zero attached hydrogens (tertiary/aromatic N) is 2. The van der Waals surface area contributed by atoms with E-state index in [-0.39, 0.29) is 12.0 Å². The van der Waals surface area contributed by atoms with Gasteiger partial charge in [-0.05, 0) is 44.6 Å². The van der Waals surface area contributed by atoms with Crippen molar-refractivity contribution >= 4 is 5.91 Å². The average molecular weight is 338 g/mol. The smallest absolute Gasteiger partial charge is 0.230 e.